The summed E-state index contributed by atoms with van der Waals surface area (Å²) in [5.41, 5.74) is 0.695. The number of halogens is 1. The maximum atomic E-state index is 11.5. The highest BCUT2D eigenvalue weighted by Crippen LogP contribution is 2.35. The molecule has 2 rings (SSSR count). The van der Waals surface area contributed by atoms with Gasteiger partial charge in [0.1, 0.15) is 5.75 Å². The lowest BCUT2D eigenvalue weighted by Gasteiger charge is -2.11. The standard InChI is InChI=1S/C16H15ClO3/c1-3-20-15(18)10-13(17)16-12-7-5-4-6-11(12)8-9-14(16)19-2/h4-10H,3H2,1-2H3/b13-10-. The summed E-state index contributed by atoms with van der Waals surface area (Å²) in [4.78, 5) is 11.5. The minimum absolute atomic E-state index is 0.303. The monoisotopic (exact) mass is 290 g/mol. The molecule has 2 aromatic rings. The molecule has 0 saturated heterocycles. The molecule has 0 aliphatic heterocycles. The van der Waals surface area contributed by atoms with Gasteiger partial charge in [0, 0.05) is 11.6 Å². The molecule has 0 radical (unpaired) electrons. The van der Waals surface area contributed by atoms with Crippen LogP contribution >= 0.6 is 11.6 Å². The number of hydrogen-bond donors (Lipinski definition) is 0. The summed E-state index contributed by atoms with van der Waals surface area (Å²) in [5, 5.41) is 2.26. The number of benzene rings is 2. The Hall–Kier alpha value is -2.00. The van der Waals surface area contributed by atoms with E-state index in [1.54, 1.807) is 14.0 Å². The molecule has 0 unspecified atom stereocenters. The molecule has 104 valence electrons. The van der Waals surface area contributed by atoms with Crippen LogP contribution in [-0.2, 0) is 9.53 Å². The Morgan fingerprint density at radius 1 is 1.25 bits per heavy atom. The van der Waals surface area contributed by atoms with Crippen LogP contribution in [0.25, 0.3) is 15.8 Å². The van der Waals surface area contributed by atoms with Gasteiger partial charge >= 0.3 is 5.97 Å². The second-order valence-electron chi connectivity index (χ2n) is 4.11. The lowest BCUT2D eigenvalue weighted by molar-refractivity contribution is -0.137. The molecule has 0 amide bonds. The van der Waals surface area contributed by atoms with E-state index in [9.17, 15) is 4.79 Å². The Bertz CT molecular complexity index is 662. The highest BCUT2D eigenvalue weighted by molar-refractivity contribution is 6.51. The molecule has 4 heteroatoms. The summed E-state index contributed by atoms with van der Waals surface area (Å²) in [6, 6.07) is 11.6. The largest absolute Gasteiger partial charge is 0.496 e. The van der Waals surface area contributed by atoms with Crippen molar-refractivity contribution in [2.75, 3.05) is 13.7 Å². The van der Waals surface area contributed by atoms with Crippen molar-refractivity contribution in [3.8, 4) is 5.75 Å². The average molecular weight is 291 g/mol. The molecular weight excluding hydrogens is 276 g/mol. The molecule has 0 heterocycles. The zero-order valence-corrected chi connectivity index (χ0v) is 12.1. The lowest BCUT2D eigenvalue weighted by Crippen LogP contribution is -2.00. The van der Waals surface area contributed by atoms with Gasteiger partial charge < -0.3 is 9.47 Å². The topological polar surface area (TPSA) is 35.5 Å². The Labute approximate surface area is 122 Å². The summed E-state index contributed by atoms with van der Waals surface area (Å²) < 4.78 is 10.2. The second kappa shape index (κ2) is 6.44. The van der Waals surface area contributed by atoms with Gasteiger partial charge in [-0.25, -0.2) is 4.79 Å². The van der Waals surface area contributed by atoms with Crippen LogP contribution in [0.2, 0.25) is 0 Å². The van der Waals surface area contributed by atoms with E-state index in [0.29, 0.717) is 23.0 Å². The van der Waals surface area contributed by atoms with Gasteiger partial charge in [-0.1, -0.05) is 41.9 Å². The van der Waals surface area contributed by atoms with Crippen LogP contribution in [0.1, 0.15) is 12.5 Å². The van der Waals surface area contributed by atoms with Crippen molar-refractivity contribution in [3.05, 3.63) is 48.0 Å². The van der Waals surface area contributed by atoms with E-state index in [-0.39, 0.29) is 0 Å². The second-order valence-corrected chi connectivity index (χ2v) is 4.52. The van der Waals surface area contributed by atoms with Crippen molar-refractivity contribution in [2.45, 2.75) is 6.92 Å². The van der Waals surface area contributed by atoms with Crippen molar-refractivity contribution in [1.82, 2.24) is 0 Å². The minimum Gasteiger partial charge on any atom is -0.496 e. The molecule has 0 aliphatic rings. The van der Waals surface area contributed by atoms with E-state index >= 15 is 0 Å². The number of carbonyl (C=O) groups is 1. The van der Waals surface area contributed by atoms with E-state index in [4.69, 9.17) is 21.1 Å². The molecule has 20 heavy (non-hydrogen) atoms. The van der Waals surface area contributed by atoms with Crippen molar-refractivity contribution < 1.29 is 14.3 Å². The third kappa shape index (κ3) is 2.94. The van der Waals surface area contributed by atoms with Crippen molar-refractivity contribution in [3.63, 3.8) is 0 Å². The van der Waals surface area contributed by atoms with E-state index < -0.39 is 5.97 Å². The van der Waals surface area contributed by atoms with Gasteiger partial charge in [-0.3, -0.25) is 0 Å². The normalized spacial score (nSPS) is 11.4. The van der Waals surface area contributed by atoms with Gasteiger partial charge in [0.25, 0.3) is 0 Å². The van der Waals surface area contributed by atoms with E-state index in [1.807, 2.05) is 36.4 Å². The number of hydrogen-bond acceptors (Lipinski definition) is 3. The molecule has 0 saturated carbocycles. The zero-order valence-electron chi connectivity index (χ0n) is 11.4. The smallest absolute Gasteiger partial charge is 0.332 e. The van der Waals surface area contributed by atoms with Gasteiger partial charge in [0.15, 0.2) is 0 Å². The molecule has 0 atom stereocenters. The van der Waals surface area contributed by atoms with Crippen LogP contribution in [0.3, 0.4) is 0 Å². The van der Waals surface area contributed by atoms with Gasteiger partial charge in [-0.05, 0) is 23.8 Å². The molecule has 3 nitrogen and oxygen atoms in total. The maximum Gasteiger partial charge on any atom is 0.332 e. The zero-order chi connectivity index (χ0) is 14.5. The van der Waals surface area contributed by atoms with E-state index in [0.717, 1.165) is 10.8 Å². The summed E-state index contributed by atoms with van der Waals surface area (Å²) in [7, 11) is 1.57. The van der Waals surface area contributed by atoms with Gasteiger partial charge in [0.2, 0.25) is 0 Å². The Morgan fingerprint density at radius 3 is 2.70 bits per heavy atom. The van der Waals surface area contributed by atoms with Crippen molar-refractivity contribution in [1.29, 1.82) is 0 Å². The van der Waals surface area contributed by atoms with Crippen molar-refractivity contribution >= 4 is 33.4 Å². The molecule has 0 aliphatic carbocycles. The first-order valence-electron chi connectivity index (χ1n) is 6.27. The lowest BCUT2D eigenvalue weighted by atomic mass is 10.0. The number of fused-ring (bicyclic) bond motifs is 1. The number of esters is 1. The first kappa shape index (κ1) is 14.4. The van der Waals surface area contributed by atoms with Crippen molar-refractivity contribution in [2.24, 2.45) is 0 Å². The maximum absolute atomic E-state index is 11.5. The van der Waals surface area contributed by atoms with Crippen LogP contribution < -0.4 is 4.74 Å². The van der Waals surface area contributed by atoms with Crippen LogP contribution in [0.5, 0.6) is 5.75 Å². The van der Waals surface area contributed by atoms with Crippen LogP contribution in [0.4, 0.5) is 0 Å². The van der Waals surface area contributed by atoms with Gasteiger partial charge in [-0.15, -0.1) is 0 Å². The van der Waals surface area contributed by atoms with E-state index in [1.165, 1.54) is 6.08 Å². The fourth-order valence-corrected chi connectivity index (χ4v) is 2.31. The van der Waals surface area contributed by atoms with Crippen LogP contribution in [0.15, 0.2) is 42.5 Å². The third-order valence-electron chi connectivity index (χ3n) is 2.88. The molecule has 0 aromatic heterocycles. The Balaban J connectivity index is 2.59. The number of ether oxygens (including phenoxy) is 2. The Kier molecular flexibility index (Phi) is 4.64. The van der Waals surface area contributed by atoms with Crippen LogP contribution in [0, 0.1) is 0 Å². The predicted molar refractivity (Wildman–Crippen MR) is 81.0 cm³/mol. The summed E-state index contributed by atoms with van der Waals surface area (Å²) in [5.74, 6) is 0.154. The number of rotatable bonds is 4. The Morgan fingerprint density at radius 2 is 2.00 bits per heavy atom. The first-order chi connectivity index (χ1) is 9.67. The molecular formula is C16H15ClO3. The minimum atomic E-state index is -0.465. The molecule has 0 N–H and O–H groups in total. The summed E-state index contributed by atoms with van der Waals surface area (Å²) >= 11 is 6.28. The van der Waals surface area contributed by atoms with Gasteiger partial charge in [-0.2, -0.15) is 0 Å². The fraction of sp³-hybridized carbons (Fsp3) is 0.188. The average Bonchev–Trinajstić information content (AvgIpc) is 2.46. The molecule has 0 spiro atoms. The first-order valence-corrected chi connectivity index (χ1v) is 6.65. The summed E-state index contributed by atoms with van der Waals surface area (Å²) in [6.45, 7) is 2.06. The number of methoxy groups -OCH3 is 1. The van der Waals surface area contributed by atoms with E-state index in [2.05, 4.69) is 0 Å². The quantitative estimate of drug-likeness (QED) is 0.631. The third-order valence-corrected chi connectivity index (χ3v) is 3.18. The highest BCUT2D eigenvalue weighted by atomic mass is 35.5. The molecule has 2 aromatic carbocycles. The highest BCUT2D eigenvalue weighted by Gasteiger charge is 2.13. The molecule has 0 bridgehead atoms. The predicted octanol–water partition coefficient (Wildman–Crippen LogP) is 3.99. The number of carbonyl (C=O) groups excluding carboxylic acids is 1. The summed E-state index contributed by atoms with van der Waals surface area (Å²) in [6.07, 6.45) is 1.27. The fourth-order valence-electron chi connectivity index (χ4n) is 2.03. The SMILES string of the molecule is CCOC(=O)/C=C(\Cl)c1c(OC)ccc2ccccc12. The van der Waals surface area contributed by atoms with Crippen LogP contribution in [-0.4, -0.2) is 19.7 Å². The van der Waals surface area contributed by atoms with Gasteiger partial charge in [0.05, 0.1) is 18.7 Å². The molecule has 0 fully saturated rings.